The maximum absolute atomic E-state index is 12.1. The van der Waals surface area contributed by atoms with Gasteiger partial charge in [0.1, 0.15) is 0 Å². The van der Waals surface area contributed by atoms with Crippen LogP contribution in [-0.4, -0.2) is 23.4 Å². The monoisotopic (exact) mass is 330 g/mol. The van der Waals surface area contributed by atoms with Crippen molar-refractivity contribution in [1.82, 2.24) is 4.90 Å². The molecular weight excluding hydrogens is 320 g/mol. The highest BCUT2D eigenvalue weighted by molar-refractivity contribution is 9.10. The molecule has 0 saturated carbocycles. The van der Waals surface area contributed by atoms with Crippen molar-refractivity contribution in [2.24, 2.45) is 0 Å². The zero-order valence-electron chi connectivity index (χ0n) is 10.5. The highest BCUT2D eigenvalue weighted by atomic mass is 79.9. The van der Waals surface area contributed by atoms with E-state index < -0.39 is 0 Å². The summed E-state index contributed by atoms with van der Waals surface area (Å²) >= 11 is 3.35. The summed E-state index contributed by atoms with van der Waals surface area (Å²) in [6.45, 7) is 0.161. The summed E-state index contributed by atoms with van der Waals surface area (Å²) in [4.78, 5) is 25.5. The van der Waals surface area contributed by atoms with E-state index in [1.807, 2.05) is 24.3 Å². The summed E-state index contributed by atoms with van der Waals surface area (Å²) in [5.41, 5.74) is 1.79. The van der Waals surface area contributed by atoms with Gasteiger partial charge < -0.3 is 5.32 Å². The van der Waals surface area contributed by atoms with E-state index in [0.29, 0.717) is 11.1 Å². The molecule has 2 amide bonds. The topological polar surface area (TPSA) is 49.4 Å². The number of hydrogen-bond donors (Lipinski definition) is 1. The van der Waals surface area contributed by atoms with Gasteiger partial charge in [0, 0.05) is 10.2 Å². The molecule has 3 rings (SSSR count). The second-order valence-corrected chi connectivity index (χ2v) is 5.34. The zero-order valence-corrected chi connectivity index (χ0v) is 12.1. The van der Waals surface area contributed by atoms with E-state index in [1.165, 1.54) is 4.90 Å². The first-order valence-electron chi connectivity index (χ1n) is 6.11. The predicted octanol–water partition coefficient (Wildman–Crippen LogP) is 3.11. The standard InChI is InChI=1S/C15H11BrN2O2/c16-10-5-7-11(8-6-10)17-9-18-14(19)12-3-1-2-4-13(12)15(18)20/h1-8,17H,9H2. The molecule has 2 aromatic rings. The molecule has 1 N–H and O–H groups in total. The van der Waals surface area contributed by atoms with Crippen LogP contribution in [0.1, 0.15) is 20.7 Å². The Morgan fingerprint density at radius 3 is 2.00 bits per heavy atom. The molecule has 0 aliphatic carbocycles. The van der Waals surface area contributed by atoms with Crippen LogP contribution in [-0.2, 0) is 0 Å². The lowest BCUT2D eigenvalue weighted by Crippen LogP contribution is -2.34. The molecule has 0 fully saturated rings. The van der Waals surface area contributed by atoms with E-state index in [2.05, 4.69) is 21.2 Å². The largest absolute Gasteiger partial charge is 0.367 e. The molecule has 100 valence electrons. The first kappa shape index (κ1) is 12.9. The van der Waals surface area contributed by atoms with Crippen LogP contribution >= 0.6 is 15.9 Å². The zero-order chi connectivity index (χ0) is 14.1. The summed E-state index contributed by atoms with van der Waals surface area (Å²) in [6, 6.07) is 14.4. The number of imide groups is 1. The quantitative estimate of drug-likeness (QED) is 0.879. The average molecular weight is 331 g/mol. The summed E-state index contributed by atoms with van der Waals surface area (Å²) < 4.78 is 0.976. The van der Waals surface area contributed by atoms with E-state index in [4.69, 9.17) is 0 Å². The van der Waals surface area contributed by atoms with Crippen LogP contribution in [0.2, 0.25) is 0 Å². The number of benzene rings is 2. The Morgan fingerprint density at radius 2 is 1.45 bits per heavy atom. The fourth-order valence-corrected chi connectivity index (χ4v) is 2.39. The van der Waals surface area contributed by atoms with Crippen LogP contribution in [0.15, 0.2) is 53.0 Å². The summed E-state index contributed by atoms with van der Waals surface area (Å²) in [7, 11) is 0. The second-order valence-electron chi connectivity index (χ2n) is 4.43. The molecule has 0 aromatic heterocycles. The average Bonchev–Trinajstić information content (AvgIpc) is 2.71. The molecule has 0 saturated heterocycles. The lowest BCUT2D eigenvalue weighted by molar-refractivity contribution is 0.0666. The molecule has 0 unspecified atom stereocenters. The number of nitrogens with one attached hydrogen (secondary N) is 1. The fourth-order valence-electron chi connectivity index (χ4n) is 2.12. The van der Waals surface area contributed by atoms with Crippen LogP contribution in [0, 0.1) is 0 Å². The van der Waals surface area contributed by atoms with Crippen LogP contribution in [0.4, 0.5) is 5.69 Å². The van der Waals surface area contributed by atoms with Crippen molar-refractivity contribution in [3.63, 3.8) is 0 Å². The maximum atomic E-state index is 12.1. The van der Waals surface area contributed by atoms with E-state index in [0.717, 1.165) is 10.2 Å². The SMILES string of the molecule is O=C1c2ccccc2C(=O)N1CNc1ccc(Br)cc1. The molecule has 4 nitrogen and oxygen atoms in total. The van der Waals surface area contributed by atoms with Gasteiger partial charge >= 0.3 is 0 Å². The Balaban J connectivity index is 1.75. The number of hydrogen-bond acceptors (Lipinski definition) is 3. The van der Waals surface area contributed by atoms with Crippen molar-refractivity contribution in [2.75, 3.05) is 12.0 Å². The Morgan fingerprint density at radius 1 is 0.900 bits per heavy atom. The number of anilines is 1. The molecule has 1 heterocycles. The molecule has 0 bridgehead atoms. The molecule has 0 atom stereocenters. The Labute approximate surface area is 124 Å². The van der Waals surface area contributed by atoms with Crippen molar-refractivity contribution < 1.29 is 9.59 Å². The van der Waals surface area contributed by atoms with E-state index in [9.17, 15) is 9.59 Å². The van der Waals surface area contributed by atoms with Gasteiger partial charge in [-0.05, 0) is 36.4 Å². The number of nitrogens with zero attached hydrogens (tertiary/aromatic N) is 1. The molecule has 5 heteroatoms. The second kappa shape index (κ2) is 5.09. The third kappa shape index (κ3) is 2.20. The van der Waals surface area contributed by atoms with E-state index in [1.54, 1.807) is 24.3 Å². The number of carbonyl (C=O) groups is 2. The highest BCUT2D eigenvalue weighted by Crippen LogP contribution is 2.22. The van der Waals surface area contributed by atoms with Gasteiger partial charge in [0.2, 0.25) is 0 Å². The fraction of sp³-hybridized carbons (Fsp3) is 0.0667. The predicted molar refractivity (Wildman–Crippen MR) is 79.6 cm³/mol. The Hall–Kier alpha value is -2.14. The van der Waals surface area contributed by atoms with Crippen molar-refractivity contribution >= 4 is 33.4 Å². The van der Waals surface area contributed by atoms with Gasteiger partial charge in [0.15, 0.2) is 0 Å². The number of amides is 2. The van der Waals surface area contributed by atoms with Crippen molar-refractivity contribution in [3.8, 4) is 0 Å². The van der Waals surface area contributed by atoms with Gasteiger partial charge in [-0.15, -0.1) is 0 Å². The molecule has 20 heavy (non-hydrogen) atoms. The Bertz CT molecular complexity index is 648. The minimum absolute atomic E-state index is 0.161. The van der Waals surface area contributed by atoms with Gasteiger partial charge in [-0.3, -0.25) is 14.5 Å². The normalized spacial score (nSPS) is 13.6. The van der Waals surface area contributed by atoms with Crippen LogP contribution in [0.25, 0.3) is 0 Å². The van der Waals surface area contributed by atoms with Gasteiger partial charge in [0.05, 0.1) is 17.8 Å². The first-order valence-corrected chi connectivity index (χ1v) is 6.91. The Kier molecular flexibility index (Phi) is 3.28. The molecule has 0 spiro atoms. The molecule has 0 radical (unpaired) electrons. The lowest BCUT2D eigenvalue weighted by atomic mass is 10.1. The summed E-state index contributed by atoms with van der Waals surface area (Å²) in [5.74, 6) is -0.509. The van der Waals surface area contributed by atoms with Gasteiger partial charge in [-0.1, -0.05) is 28.1 Å². The number of rotatable bonds is 3. The maximum Gasteiger partial charge on any atom is 0.263 e. The molecule has 2 aromatic carbocycles. The van der Waals surface area contributed by atoms with Crippen LogP contribution in [0.3, 0.4) is 0 Å². The van der Waals surface area contributed by atoms with Crippen LogP contribution in [0.5, 0.6) is 0 Å². The van der Waals surface area contributed by atoms with Crippen molar-refractivity contribution in [2.45, 2.75) is 0 Å². The summed E-state index contributed by atoms with van der Waals surface area (Å²) in [6.07, 6.45) is 0. The third-order valence-corrected chi connectivity index (χ3v) is 3.69. The van der Waals surface area contributed by atoms with Crippen molar-refractivity contribution in [3.05, 3.63) is 64.1 Å². The van der Waals surface area contributed by atoms with Crippen LogP contribution < -0.4 is 5.32 Å². The third-order valence-electron chi connectivity index (χ3n) is 3.16. The lowest BCUT2D eigenvalue weighted by Gasteiger charge is -2.15. The number of halogens is 1. The van der Waals surface area contributed by atoms with Crippen molar-refractivity contribution in [1.29, 1.82) is 0 Å². The molecule has 1 aliphatic rings. The smallest absolute Gasteiger partial charge is 0.263 e. The van der Waals surface area contributed by atoms with Gasteiger partial charge in [0.25, 0.3) is 11.8 Å². The molecule has 1 aliphatic heterocycles. The number of carbonyl (C=O) groups excluding carboxylic acids is 2. The number of fused-ring (bicyclic) bond motifs is 1. The van der Waals surface area contributed by atoms with Gasteiger partial charge in [-0.25, -0.2) is 0 Å². The van der Waals surface area contributed by atoms with E-state index in [-0.39, 0.29) is 18.5 Å². The summed E-state index contributed by atoms with van der Waals surface area (Å²) in [5, 5.41) is 3.07. The minimum atomic E-state index is -0.254. The van der Waals surface area contributed by atoms with E-state index >= 15 is 0 Å². The highest BCUT2D eigenvalue weighted by Gasteiger charge is 2.34. The minimum Gasteiger partial charge on any atom is -0.367 e. The first-order chi connectivity index (χ1) is 9.66. The van der Waals surface area contributed by atoms with Gasteiger partial charge in [-0.2, -0.15) is 0 Å². The molecular formula is C15H11BrN2O2.